The molecule has 1 saturated carbocycles. The lowest BCUT2D eigenvalue weighted by Crippen LogP contribution is -2.29. The molecule has 0 aromatic heterocycles. The van der Waals surface area contributed by atoms with Gasteiger partial charge in [0.2, 0.25) is 0 Å². The highest BCUT2D eigenvalue weighted by Crippen LogP contribution is 2.33. The maximum absolute atomic E-state index is 11.2. The molecule has 88 valence electrons. The van der Waals surface area contributed by atoms with Crippen molar-refractivity contribution in [3.63, 3.8) is 0 Å². The second-order valence-corrected chi connectivity index (χ2v) is 6.06. The van der Waals surface area contributed by atoms with Crippen LogP contribution in [0, 0.1) is 11.8 Å². The van der Waals surface area contributed by atoms with E-state index in [1.54, 1.807) is 11.8 Å². The molecular weight excluding hydrogens is 208 g/mol. The van der Waals surface area contributed by atoms with Gasteiger partial charge >= 0.3 is 5.97 Å². The SMILES string of the molecule is CC(C)CSC(C(=O)O)C1CCCCC1. The molecule has 1 aliphatic rings. The van der Waals surface area contributed by atoms with E-state index in [2.05, 4.69) is 13.8 Å². The van der Waals surface area contributed by atoms with Crippen LogP contribution in [-0.4, -0.2) is 22.1 Å². The molecule has 1 aliphatic carbocycles. The second-order valence-electron chi connectivity index (χ2n) is 4.88. The molecule has 3 heteroatoms. The Kier molecular flexibility index (Phi) is 5.51. The van der Waals surface area contributed by atoms with Crippen molar-refractivity contribution in [3.05, 3.63) is 0 Å². The maximum Gasteiger partial charge on any atom is 0.316 e. The van der Waals surface area contributed by atoms with E-state index >= 15 is 0 Å². The molecule has 1 N–H and O–H groups in total. The third-order valence-corrected chi connectivity index (χ3v) is 4.74. The van der Waals surface area contributed by atoms with Crippen molar-refractivity contribution in [1.82, 2.24) is 0 Å². The first-order valence-corrected chi connectivity index (χ1v) is 7.00. The monoisotopic (exact) mass is 230 g/mol. The van der Waals surface area contributed by atoms with E-state index in [9.17, 15) is 9.90 Å². The van der Waals surface area contributed by atoms with Crippen LogP contribution >= 0.6 is 11.8 Å². The third kappa shape index (κ3) is 4.45. The Morgan fingerprint density at radius 3 is 2.40 bits per heavy atom. The van der Waals surface area contributed by atoms with E-state index in [0.717, 1.165) is 18.6 Å². The summed E-state index contributed by atoms with van der Waals surface area (Å²) in [6.07, 6.45) is 5.95. The molecule has 15 heavy (non-hydrogen) atoms. The Morgan fingerprint density at radius 1 is 1.33 bits per heavy atom. The average Bonchev–Trinajstić information content (AvgIpc) is 2.18. The number of rotatable bonds is 5. The fourth-order valence-corrected chi connectivity index (χ4v) is 3.42. The molecule has 2 nitrogen and oxygen atoms in total. The Morgan fingerprint density at radius 2 is 1.93 bits per heavy atom. The van der Waals surface area contributed by atoms with Gasteiger partial charge in [-0.3, -0.25) is 4.79 Å². The quantitative estimate of drug-likeness (QED) is 0.786. The zero-order valence-electron chi connectivity index (χ0n) is 9.74. The fourth-order valence-electron chi connectivity index (χ4n) is 2.14. The number of carboxylic acid groups (broad SMARTS) is 1. The highest BCUT2D eigenvalue weighted by molar-refractivity contribution is 8.00. The summed E-state index contributed by atoms with van der Waals surface area (Å²) in [5.74, 6) is 1.36. The Labute approximate surface area is 96.8 Å². The molecule has 1 atom stereocenters. The predicted octanol–water partition coefficient (Wildman–Crippen LogP) is 3.41. The van der Waals surface area contributed by atoms with Crippen LogP contribution < -0.4 is 0 Å². The molecule has 0 bridgehead atoms. The standard InChI is InChI=1S/C12H22O2S/c1-9(2)8-15-11(12(13)14)10-6-4-3-5-7-10/h9-11H,3-8H2,1-2H3,(H,13,14). The van der Waals surface area contributed by atoms with E-state index in [-0.39, 0.29) is 5.25 Å². The Hall–Kier alpha value is -0.180. The van der Waals surface area contributed by atoms with Gasteiger partial charge in [0.1, 0.15) is 5.25 Å². The van der Waals surface area contributed by atoms with Gasteiger partial charge in [-0.2, -0.15) is 0 Å². The highest BCUT2D eigenvalue weighted by atomic mass is 32.2. The van der Waals surface area contributed by atoms with Gasteiger partial charge in [0.05, 0.1) is 0 Å². The molecule has 0 aliphatic heterocycles. The van der Waals surface area contributed by atoms with Crippen molar-refractivity contribution >= 4 is 17.7 Å². The summed E-state index contributed by atoms with van der Waals surface area (Å²) in [4.78, 5) is 11.2. The predicted molar refractivity (Wildman–Crippen MR) is 65.3 cm³/mol. The van der Waals surface area contributed by atoms with Crippen molar-refractivity contribution in [1.29, 1.82) is 0 Å². The van der Waals surface area contributed by atoms with Crippen LogP contribution in [0.4, 0.5) is 0 Å². The van der Waals surface area contributed by atoms with Gasteiger partial charge in [0.15, 0.2) is 0 Å². The molecule has 1 rings (SSSR count). The summed E-state index contributed by atoms with van der Waals surface area (Å²) in [6, 6.07) is 0. The van der Waals surface area contributed by atoms with Gasteiger partial charge < -0.3 is 5.11 Å². The van der Waals surface area contributed by atoms with Crippen LogP contribution in [0.1, 0.15) is 46.0 Å². The van der Waals surface area contributed by atoms with E-state index in [0.29, 0.717) is 11.8 Å². The van der Waals surface area contributed by atoms with Crippen molar-refractivity contribution in [2.75, 3.05) is 5.75 Å². The van der Waals surface area contributed by atoms with Crippen molar-refractivity contribution in [3.8, 4) is 0 Å². The van der Waals surface area contributed by atoms with Crippen LogP contribution in [-0.2, 0) is 4.79 Å². The number of hydrogen-bond acceptors (Lipinski definition) is 2. The van der Waals surface area contributed by atoms with Crippen LogP contribution in [0.15, 0.2) is 0 Å². The third-order valence-electron chi connectivity index (χ3n) is 2.93. The number of thioether (sulfide) groups is 1. The van der Waals surface area contributed by atoms with Crippen LogP contribution in [0.3, 0.4) is 0 Å². The highest BCUT2D eigenvalue weighted by Gasteiger charge is 2.29. The van der Waals surface area contributed by atoms with Crippen LogP contribution in [0.5, 0.6) is 0 Å². The molecule has 0 heterocycles. The zero-order chi connectivity index (χ0) is 11.3. The van der Waals surface area contributed by atoms with Gasteiger partial charge in [-0.1, -0.05) is 33.1 Å². The second kappa shape index (κ2) is 6.41. The zero-order valence-corrected chi connectivity index (χ0v) is 10.6. The number of carbonyl (C=O) groups is 1. The Balaban J connectivity index is 2.44. The first-order chi connectivity index (χ1) is 7.11. The Bertz CT molecular complexity index is 198. The fraction of sp³-hybridized carbons (Fsp3) is 0.917. The van der Waals surface area contributed by atoms with E-state index in [4.69, 9.17) is 0 Å². The molecule has 0 radical (unpaired) electrons. The first-order valence-electron chi connectivity index (χ1n) is 5.95. The normalized spacial score (nSPS) is 20.5. The van der Waals surface area contributed by atoms with Crippen molar-refractivity contribution < 1.29 is 9.90 Å². The summed E-state index contributed by atoms with van der Waals surface area (Å²) in [5.41, 5.74) is 0. The summed E-state index contributed by atoms with van der Waals surface area (Å²) in [5, 5.41) is 9.06. The summed E-state index contributed by atoms with van der Waals surface area (Å²) < 4.78 is 0. The summed E-state index contributed by atoms with van der Waals surface area (Å²) in [6.45, 7) is 4.29. The molecule has 0 saturated heterocycles. The number of carboxylic acids is 1. The summed E-state index contributed by atoms with van der Waals surface area (Å²) >= 11 is 1.64. The van der Waals surface area contributed by atoms with Gasteiger partial charge in [-0.25, -0.2) is 0 Å². The topological polar surface area (TPSA) is 37.3 Å². The lowest BCUT2D eigenvalue weighted by atomic mass is 9.87. The van der Waals surface area contributed by atoms with Gasteiger partial charge in [-0.15, -0.1) is 11.8 Å². The number of aliphatic carboxylic acids is 1. The molecule has 0 aromatic carbocycles. The van der Waals surface area contributed by atoms with Gasteiger partial charge in [0.25, 0.3) is 0 Å². The van der Waals surface area contributed by atoms with E-state index < -0.39 is 5.97 Å². The minimum Gasteiger partial charge on any atom is -0.480 e. The number of hydrogen-bond donors (Lipinski definition) is 1. The first kappa shape index (κ1) is 12.9. The van der Waals surface area contributed by atoms with Crippen LogP contribution in [0.25, 0.3) is 0 Å². The molecule has 0 spiro atoms. The molecule has 0 amide bonds. The van der Waals surface area contributed by atoms with Crippen molar-refractivity contribution in [2.24, 2.45) is 11.8 Å². The van der Waals surface area contributed by atoms with Gasteiger partial charge in [0, 0.05) is 0 Å². The van der Waals surface area contributed by atoms with Crippen LogP contribution in [0.2, 0.25) is 0 Å². The minimum atomic E-state index is -0.604. The maximum atomic E-state index is 11.2. The molecule has 0 aromatic rings. The smallest absolute Gasteiger partial charge is 0.316 e. The lowest BCUT2D eigenvalue weighted by molar-refractivity contribution is -0.137. The molecule has 1 unspecified atom stereocenters. The van der Waals surface area contributed by atoms with Gasteiger partial charge in [-0.05, 0) is 30.4 Å². The van der Waals surface area contributed by atoms with E-state index in [1.807, 2.05) is 0 Å². The molecule has 1 fully saturated rings. The minimum absolute atomic E-state index is 0.160. The van der Waals surface area contributed by atoms with Crippen molar-refractivity contribution in [2.45, 2.75) is 51.2 Å². The van der Waals surface area contributed by atoms with E-state index in [1.165, 1.54) is 19.3 Å². The largest absolute Gasteiger partial charge is 0.480 e. The average molecular weight is 230 g/mol. The summed E-state index contributed by atoms with van der Waals surface area (Å²) in [7, 11) is 0. The lowest BCUT2D eigenvalue weighted by Gasteiger charge is -2.27. The molecular formula is C12H22O2S.